The van der Waals surface area contributed by atoms with Gasteiger partial charge in [-0.05, 0) is 47.5 Å². The molecule has 0 unspecified atom stereocenters. The van der Waals surface area contributed by atoms with Crippen LogP contribution in [0.3, 0.4) is 0 Å². The van der Waals surface area contributed by atoms with Crippen LogP contribution < -0.4 is 30.5 Å². The molecule has 24 heteroatoms. The third-order valence-corrected chi connectivity index (χ3v) is 6.19. The number of hydrogen-bond donors (Lipinski definition) is 2. The maximum absolute atomic E-state index is 11.6. The van der Waals surface area contributed by atoms with Crippen LogP contribution in [-0.4, -0.2) is 47.6 Å². The third-order valence-electron chi connectivity index (χ3n) is 5.13. The van der Waals surface area contributed by atoms with Gasteiger partial charge in [-0.2, -0.15) is 10.2 Å². The van der Waals surface area contributed by atoms with Gasteiger partial charge in [0.25, 0.3) is 11.8 Å². The number of amides is 2. The van der Waals surface area contributed by atoms with Crippen molar-refractivity contribution in [3.05, 3.63) is 147 Å². The molecular weight excluding hydrogens is 905 g/mol. The van der Waals surface area contributed by atoms with Crippen molar-refractivity contribution in [1.29, 1.82) is 0 Å². The summed E-state index contributed by atoms with van der Waals surface area (Å²) in [5.41, 5.74) is 5.27. The summed E-state index contributed by atoms with van der Waals surface area (Å²) in [5.74, 6) is -0.629. The summed E-state index contributed by atoms with van der Waals surface area (Å²) < 4.78 is 10.5. The van der Waals surface area contributed by atoms with Gasteiger partial charge >= 0.3 is 34.1 Å². The van der Waals surface area contributed by atoms with E-state index in [-0.39, 0.29) is 58.9 Å². The number of carbonyl (C=O) groups is 2. The van der Waals surface area contributed by atoms with E-state index in [1.807, 2.05) is 0 Å². The largest absolute Gasteiger partial charge is 2.00 e. The SMILES string of the molecule is O=C(COc1ccc(Cl)cc1Cl)N/N=C/c1ccccc1[O-].O=C(COc1ccc(Cl)cc1Cl)N/N=C/c1ccccc1[O-].O=[N+]([O-])[O-].O=[N+]([O-])[O-].[Cu+2].[Cu+2]. The van der Waals surface area contributed by atoms with E-state index in [9.17, 15) is 19.8 Å². The fraction of sp³-hybridized carbons (Fsp3) is 0.0667. The Hall–Kier alpha value is -5.04. The Kier molecular flexibility index (Phi) is 26.9. The summed E-state index contributed by atoms with van der Waals surface area (Å²) >= 11 is 23.3. The standard InChI is InChI=1S/2C15H12Cl2N2O3.2Cu.2NO3/c2*16-11-5-6-14(12(17)7-11)22-9-15(21)19-18-8-10-3-1-2-4-13(10)20;;;2*2-1(3)4/h2*1-8,20H,9H2,(H,19,21);;;;/q;;2*+2;2*-1/p-2/b2*18-8+;;;;. The molecule has 0 saturated heterocycles. The number of hydrazone groups is 2. The quantitative estimate of drug-likeness (QED) is 0.0947. The molecule has 0 aliphatic heterocycles. The number of nitrogens with zero attached hydrogens (tertiary/aromatic N) is 4. The zero-order chi connectivity index (χ0) is 39.1. The van der Waals surface area contributed by atoms with Crippen LogP contribution in [0.2, 0.25) is 20.1 Å². The first-order valence-electron chi connectivity index (χ1n) is 13.5. The van der Waals surface area contributed by atoms with Crippen LogP contribution in [0, 0.1) is 30.6 Å². The van der Waals surface area contributed by atoms with Gasteiger partial charge in [-0.3, -0.25) is 9.59 Å². The fourth-order valence-electron chi connectivity index (χ4n) is 3.06. The Labute approximate surface area is 346 Å². The van der Waals surface area contributed by atoms with Gasteiger partial charge in [-0.25, -0.2) is 10.9 Å². The second-order valence-electron chi connectivity index (χ2n) is 8.84. The van der Waals surface area contributed by atoms with E-state index < -0.39 is 22.0 Å². The zero-order valence-corrected chi connectivity index (χ0v) is 31.4. The number of nitrogens with one attached hydrogen (secondary N) is 2. The zero-order valence-electron chi connectivity index (χ0n) is 26.5. The van der Waals surface area contributed by atoms with E-state index >= 15 is 0 Å². The topological polar surface area (TPSA) is 280 Å². The Balaban J connectivity index is 0. The maximum atomic E-state index is 11.6. The van der Waals surface area contributed by atoms with E-state index in [0.717, 1.165) is 0 Å². The Morgan fingerprint density at radius 1 is 0.611 bits per heavy atom. The van der Waals surface area contributed by atoms with Crippen molar-refractivity contribution in [3.8, 4) is 23.0 Å². The molecule has 4 rings (SSSR count). The Morgan fingerprint density at radius 2 is 0.926 bits per heavy atom. The summed E-state index contributed by atoms with van der Waals surface area (Å²) in [6.45, 7) is -0.532. The minimum atomic E-state index is -1.75. The van der Waals surface area contributed by atoms with E-state index in [4.69, 9.17) is 86.5 Å². The summed E-state index contributed by atoms with van der Waals surface area (Å²) in [4.78, 5) is 39.6. The first-order chi connectivity index (χ1) is 24.6. The summed E-state index contributed by atoms with van der Waals surface area (Å²) in [6, 6.07) is 22.0. The van der Waals surface area contributed by atoms with Crippen LogP contribution in [0.4, 0.5) is 0 Å². The number of carbonyl (C=O) groups excluding carboxylic acids is 2. The molecule has 4 aromatic carbocycles. The second kappa shape index (κ2) is 28.5. The van der Waals surface area contributed by atoms with E-state index in [1.54, 1.807) is 60.7 Å². The van der Waals surface area contributed by atoms with E-state index in [0.29, 0.717) is 42.7 Å². The minimum absolute atomic E-state index is 0. The first kappa shape index (κ1) is 51.1. The van der Waals surface area contributed by atoms with Crippen LogP contribution in [0.15, 0.2) is 95.1 Å². The molecular formula is C30H22Cl4Cu2N6O12. The van der Waals surface area contributed by atoms with Crippen LogP contribution in [0.25, 0.3) is 0 Å². The number of halogens is 4. The van der Waals surface area contributed by atoms with Crippen molar-refractivity contribution in [3.63, 3.8) is 0 Å². The molecule has 0 aliphatic rings. The Morgan fingerprint density at radius 3 is 1.22 bits per heavy atom. The summed E-state index contributed by atoms with van der Waals surface area (Å²) in [5, 5.41) is 61.3. The van der Waals surface area contributed by atoms with Gasteiger partial charge in [0.1, 0.15) is 11.5 Å². The fourth-order valence-corrected chi connectivity index (χ4v) is 3.98. The van der Waals surface area contributed by atoms with Gasteiger partial charge in [0.15, 0.2) is 13.2 Å². The first-order valence-corrected chi connectivity index (χ1v) is 15.0. The molecule has 0 bridgehead atoms. The number of hydrogen-bond acceptors (Lipinski definition) is 14. The predicted molar refractivity (Wildman–Crippen MR) is 188 cm³/mol. The minimum Gasteiger partial charge on any atom is -0.872 e. The maximum Gasteiger partial charge on any atom is 2.00 e. The second-order valence-corrected chi connectivity index (χ2v) is 10.5. The molecule has 2 amide bonds. The predicted octanol–water partition coefficient (Wildman–Crippen LogP) is 4.71. The van der Waals surface area contributed by atoms with Crippen LogP contribution in [0.5, 0.6) is 23.0 Å². The molecule has 0 atom stereocenters. The van der Waals surface area contributed by atoms with Crippen molar-refractivity contribution < 1.29 is 73.6 Å². The summed E-state index contributed by atoms with van der Waals surface area (Å²) in [7, 11) is 0. The van der Waals surface area contributed by atoms with Gasteiger partial charge in [-0.1, -0.05) is 106 Å². The van der Waals surface area contributed by atoms with Crippen molar-refractivity contribution >= 4 is 70.6 Å². The van der Waals surface area contributed by atoms with E-state index in [2.05, 4.69) is 21.1 Å². The smallest absolute Gasteiger partial charge is 0.872 e. The van der Waals surface area contributed by atoms with Crippen molar-refractivity contribution in [2.45, 2.75) is 0 Å². The molecule has 0 heterocycles. The molecule has 18 nitrogen and oxygen atoms in total. The van der Waals surface area contributed by atoms with Gasteiger partial charge in [0, 0.05) is 10.0 Å². The monoisotopic (exact) mass is 924 g/mol. The molecule has 294 valence electrons. The van der Waals surface area contributed by atoms with E-state index in [1.165, 1.54) is 36.7 Å². The van der Waals surface area contributed by atoms with Gasteiger partial charge in [0.2, 0.25) is 0 Å². The summed E-state index contributed by atoms with van der Waals surface area (Å²) in [6.07, 6.45) is 2.55. The van der Waals surface area contributed by atoms with Crippen molar-refractivity contribution in [2.75, 3.05) is 13.2 Å². The van der Waals surface area contributed by atoms with Crippen molar-refractivity contribution in [2.24, 2.45) is 10.2 Å². The molecule has 54 heavy (non-hydrogen) atoms. The average molecular weight is 927 g/mol. The molecule has 0 aliphatic carbocycles. The van der Waals surface area contributed by atoms with Crippen LogP contribution in [-0.2, 0) is 43.7 Å². The molecule has 0 fully saturated rings. The van der Waals surface area contributed by atoms with Gasteiger partial charge in [-0.15, -0.1) is 0 Å². The third kappa shape index (κ3) is 23.5. The average Bonchev–Trinajstić information content (AvgIpc) is 3.05. The number of rotatable bonds is 10. The molecule has 0 aromatic heterocycles. The number of benzene rings is 4. The number of para-hydroxylation sites is 2. The van der Waals surface area contributed by atoms with Gasteiger partial charge in [0.05, 0.1) is 32.6 Å². The van der Waals surface area contributed by atoms with Crippen LogP contribution >= 0.6 is 46.4 Å². The normalized spacial score (nSPS) is 9.56. The Bertz CT molecular complexity index is 1740. The van der Waals surface area contributed by atoms with Gasteiger partial charge < -0.3 is 50.3 Å². The molecule has 2 radical (unpaired) electrons. The molecule has 2 N–H and O–H groups in total. The van der Waals surface area contributed by atoms with Crippen LogP contribution in [0.1, 0.15) is 11.1 Å². The van der Waals surface area contributed by atoms with Crippen molar-refractivity contribution in [1.82, 2.24) is 10.9 Å². The molecule has 0 spiro atoms. The molecule has 0 saturated carbocycles. The number of ether oxygens (including phenoxy) is 2. The molecule has 4 aromatic rings.